The highest BCUT2D eigenvalue weighted by Gasteiger charge is 2.34. The van der Waals surface area contributed by atoms with Crippen LogP contribution in [-0.2, 0) is 19.7 Å². The van der Waals surface area contributed by atoms with Gasteiger partial charge in [-0.2, -0.15) is 0 Å². The molecule has 0 bridgehead atoms. The standard InChI is InChI=1S/C38H28N2O8S2/c1-45-29-21-17-25(18-22-29)33-37(49(41,42)31-9-5-3-6-10-31)35(47-39-33)27-13-15-28(16-14-27)36-38(50(43,44)32-11-7-4-8-12-32)34(40-48-36)26-19-23-30(46-2)24-20-26/h3-24H,1-2H3. The third-order valence-electron chi connectivity index (χ3n) is 8.08. The second kappa shape index (κ2) is 13.1. The van der Waals surface area contributed by atoms with Crippen LogP contribution < -0.4 is 9.47 Å². The lowest BCUT2D eigenvalue weighted by Gasteiger charge is -2.09. The second-order valence-electron chi connectivity index (χ2n) is 11.0. The van der Waals surface area contributed by atoms with Gasteiger partial charge in [0.05, 0.1) is 24.0 Å². The summed E-state index contributed by atoms with van der Waals surface area (Å²) in [5, 5.41) is 8.42. The van der Waals surface area contributed by atoms with E-state index in [9.17, 15) is 16.8 Å². The number of nitrogens with zero attached hydrogens (tertiary/aromatic N) is 2. The molecule has 0 N–H and O–H groups in total. The van der Waals surface area contributed by atoms with Gasteiger partial charge in [0.15, 0.2) is 11.5 Å². The summed E-state index contributed by atoms with van der Waals surface area (Å²) in [6, 6.07) is 36.1. The van der Waals surface area contributed by atoms with Gasteiger partial charge in [-0.1, -0.05) is 71.0 Å². The molecule has 0 saturated carbocycles. The van der Waals surface area contributed by atoms with E-state index in [0.717, 1.165) is 0 Å². The van der Waals surface area contributed by atoms with E-state index in [4.69, 9.17) is 18.5 Å². The van der Waals surface area contributed by atoms with Crippen LogP contribution in [0.25, 0.3) is 45.2 Å². The van der Waals surface area contributed by atoms with Crippen LogP contribution in [-0.4, -0.2) is 41.4 Å². The van der Waals surface area contributed by atoms with E-state index >= 15 is 0 Å². The van der Waals surface area contributed by atoms with Gasteiger partial charge in [-0.15, -0.1) is 0 Å². The normalized spacial score (nSPS) is 11.7. The minimum atomic E-state index is -4.12. The zero-order valence-electron chi connectivity index (χ0n) is 26.7. The van der Waals surface area contributed by atoms with Crippen LogP contribution in [0.15, 0.2) is 162 Å². The maximum Gasteiger partial charge on any atom is 0.212 e. The molecule has 0 spiro atoms. The van der Waals surface area contributed by atoms with Gasteiger partial charge in [-0.05, 0) is 72.8 Å². The predicted octanol–water partition coefficient (Wildman–Crippen LogP) is 8.01. The fourth-order valence-corrected chi connectivity index (χ4v) is 8.62. The van der Waals surface area contributed by atoms with Crippen LogP contribution in [0.1, 0.15) is 0 Å². The monoisotopic (exact) mass is 704 g/mol. The van der Waals surface area contributed by atoms with Crippen molar-refractivity contribution >= 4 is 19.7 Å². The van der Waals surface area contributed by atoms with E-state index in [0.29, 0.717) is 33.8 Å². The Morgan fingerprint density at radius 1 is 0.440 bits per heavy atom. The molecule has 0 amide bonds. The van der Waals surface area contributed by atoms with Crippen molar-refractivity contribution in [1.82, 2.24) is 10.3 Å². The Balaban J connectivity index is 1.36. The Hall–Kier alpha value is -5.98. The molecule has 0 radical (unpaired) electrons. The second-order valence-corrected chi connectivity index (χ2v) is 14.8. The maximum atomic E-state index is 14.1. The first-order chi connectivity index (χ1) is 24.2. The highest BCUT2D eigenvalue weighted by atomic mass is 32.2. The highest BCUT2D eigenvalue weighted by molar-refractivity contribution is 7.92. The molecule has 7 aromatic rings. The van der Waals surface area contributed by atoms with Crippen molar-refractivity contribution in [3.8, 4) is 56.7 Å². The minimum absolute atomic E-state index is 0.0137. The van der Waals surface area contributed by atoms with Crippen molar-refractivity contribution in [2.45, 2.75) is 19.6 Å². The lowest BCUT2D eigenvalue weighted by Crippen LogP contribution is -2.04. The number of hydrogen-bond acceptors (Lipinski definition) is 10. The van der Waals surface area contributed by atoms with E-state index < -0.39 is 19.7 Å². The number of sulfone groups is 2. The molecule has 50 heavy (non-hydrogen) atoms. The number of hydrogen-bond donors (Lipinski definition) is 0. The summed E-state index contributed by atoms with van der Waals surface area (Å²) >= 11 is 0. The SMILES string of the molecule is COc1ccc(-c2noc(-c3ccc(-c4onc(-c5ccc(OC)cc5)c4S(=O)(=O)c4ccccc4)cc3)c2S(=O)(=O)c2ccccc2)cc1. The first-order valence-electron chi connectivity index (χ1n) is 15.2. The fourth-order valence-electron chi connectivity index (χ4n) is 5.50. The largest absolute Gasteiger partial charge is 0.497 e. The Bertz CT molecular complexity index is 2310. The van der Waals surface area contributed by atoms with Gasteiger partial charge in [-0.3, -0.25) is 0 Å². The average Bonchev–Trinajstić information content (AvgIpc) is 3.83. The highest BCUT2D eigenvalue weighted by Crippen LogP contribution is 2.42. The molecule has 2 aromatic heterocycles. The van der Waals surface area contributed by atoms with E-state index in [1.165, 1.54) is 38.5 Å². The van der Waals surface area contributed by atoms with E-state index in [1.54, 1.807) is 109 Å². The Labute approximate surface area is 288 Å². The molecule has 0 aliphatic heterocycles. The zero-order chi connectivity index (χ0) is 34.9. The van der Waals surface area contributed by atoms with Crippen molar-refractivity contribution in [3.05, 3.63) is 133 Å². The van der Waals surface area contributed by atoms with E-state index in [2.05, 4.69) is 10.3 Å². The van der Waals surface area contributed by atoms with Crippen molar-refractivity contribution in [2.75, 3.05) is 14.2 Å². The molecule has 0 fully saturated rings. The first-order valence-corrected chi connectivity index (χ1v) is 18.2. The number of ether oxygens (including phenoxy) is 2. The molecule has 0 aliphatic carbocycles. The van der Waals surface area contributed by atoms with Gasteiger partial charge in [-0.25, -0.2) is 16.8 Å². The molecule has 7 rings (SSSR count). The van der Waals surface area contributed by atoms with Crippen LogP contribution in [0.4, 0.5) is 0 Å². The number of methoxy groups -OCH3 is 2. The number of benzene rings is 5. The molecule has 0 atom stereocenters. The lowest BCUT2D eigenvalue weighted by molar-refractivity contribution is 0.414. The molecule has 2 heterocycles. The Kier molecular flexibility index (Phi) is 8.56. The van der Waals surface area contributed by atoms with Crippen LogP contribution in [0.5, 0.6) is 11.5 Å². The summed E-state index contributed by atoms with van der Waals surface area (Å²) in [6.07, 6.45) is 0. The average molecular weight is 705 g/mol. The third-order valence-corrected chi connectivity index (χ3v) is 11.7. The predicted molar refractivity (Wildman–Crippen MR) is 185 cm³/mol. The van der Waals surface area contributed by atoms with E-state index in [-0.39, 0.29) is 42.5 Å². The molecular weight excluding hydrogens is 677 g/mol. The van der Waals surface area contributed by atoms with Gasteiger partial charge < -0.3 is 18.5 Å². The smallest absolute Gasteiger partial charge is 0.212 e. The van der Waals surface area contributed by atoms with E-state index in [1.807, 2.05) is 0 Å². The van der Waals surface area contributed by atoms with Gasteiger partial charge in [0, 0.05) is 22.3 Å². The fraction of sp³-hybridized carbons (Fsp3) is 0.0526. The van der Waals surface area contributed by atoms with Gasteiger partial charge >= 0.3 is 0 Å². The lowest BCUT2D eigenvalue weighted by atomic mass is 10.1. The molecule has 0 aliphatic rings. The summed E-state index contributed by atoms with van der Waals surface area (Å²) in [5.74, 6) is 1.22. The topological polar surface area (TPSA) is 139 Å². The van der Waals surface area contributed by atoms with Gasteiger partial charge in [0.1, 0.15) is 32.7 Å². The summed E-state index contributed by atoms with van der Waals surface area (Å²) in [5.41, 5.74) is 2.05. The molecule has 12 heteroatoms. The first kappa shape index (κ1) is 32.6. The zero-order valence-corrected chi connectivity index (χ0v) is 28.3. The van der Waals surface area contributed by atoms with Gasteiger partial charge in [0.25, 0.3) is 0 Å². The van der Waals surface area contributed by atoms with Crippen molar-refractivity contribution in [1.29, 1.82) is 0 Å². The molecule has 0 unspecified atom stereocenters. The van der Waals surface area contributed by atoms with Crippen LogP contribution in [0.3, 0.4) is 0 Å². The number of rotatable bonds is 10. The third kappa shape index (κ3) is 5.84. The molecular formula is C38H28N2O8S2. The Morgan fingerprint density at radius 2 is 0.760 bits per heavy atom. The molecule has 5 aromatic carbocycles. The van der Waals surface area contributed by atoms with Crippen molar-refractivity contribution in [3.63, 3.8) is 0 Å². The summed E-state index contributed by atoms with van der Waals surface area (Å²) in [4.78, 5) is -0.0931. The van der Waals surface area contributed by atoms with Crippen molar-refractivity contribution in [2.24, 2.45) is 0 Å². The minimum Gasteiger partial charge on any atom is -0.497 e. The molecule has 250 valence electrons. The number of aromatic nitrogens is 2. The van der Waals surface area contributed by atoms with Crippen LogP contribution >= 0.6 is 0 Å². The van der Waals surface area contributed by atoms with Crippen LogP contribution in [0, 0.1) is 0 Å². The Morgan fingerprint density at radius 3 is 1.08 bits per heavy atom. The van der Waals surface area contributed by atoms with Crippen LogP contribution in [0.2, 0.25) is 0 Å². The summed E-state index contributed by atoms with van der Waals surface area (Å²) in [7, 11) is -5.17. The quantitative estimate of drug-likeness (QED) is 0.138. The molecule has 10 nitrogen and oxygen atoms in total. The summed E-state index contributed by atoms with van der Waals surface area (Å²) in [6.45, 7) is 0. The maximum absolute atomic E-state index is 14.1. The van der Waals surface area contributed by atoms with Gasteiger partial charge in [0.2, 0.25) is 19.7 Å². The summed E-state index contributed by atoms with van der Waals surface area (Å²) < 4.78 is 78.6. The molecule has 0 saturated heterocycles. The van der Waals surface area contributed by atoms with Crippen molar-refractivity contribution < 1.29 is 35.4 Å².